The van der Waals surface area contributed by atoms with Crippen LogP contribution >= 0.6 is 0 Å². The highest BCUT2D eigenvalue weighted by atomic mass is 16.3. The molecule has 0 fully saturated rings. The fraction of sp³-hybridized carbons (Fsp3) is 0.571. The summed E-state index contributed by atoms with van der Waals surface area (Å²) in [7, 11) is 0. The van der Waals surface area contributed by atoms with Gasteiger partial charge in [0, 0.05) is 12.6 Å². The highest BCUT2D eigenvalue weighted by Crippen LogP contribution is 2.30. The summed E-state index contributed by atoms with van der Waals surface area (Å²) < 4.78 is 0. The molecule has 16 heavy (non-hydrogen) atoms. The lowest BCUT2D eigenvalue weighted by molar-refractivity contribution is 0.276. The van der Waals surface area contributed by atoms with Crippen LogP contribution in [0.25, 0.3) is 0 Å². The van der Waals surface area contributed by atoms with Crippen molar-refractivity contribution in [1.82, 2.24) is 0 Å². The number of rotatable bonds is 3. The van der Waals surface area contributed by atoms with E-state index >= 15 is 0 Å². The first-order chi connectivity index (χ1) is 7.41. The molecule has 90 valence electrons. The summed E-state index contributed by atoms with van der Waals surface area (Å²) in [5.41, 5.74) is 13.9. The molecule has 0 saturated heterocycles. The SMILES string of the molecule is Cc1c(C)c(C)c(C(N)CCO)c(C)c1C. The quantitative estimate of drug-likeness (QED) is 0.824. The van der Waals surface area contributed by atoms with Gasteiger partial charge in [0.1, 0.15) is 0 Å². The molecule has 2 nitrogen and oxygen atoms in total. The standard InChI is InChI=1S/C14H23NO/c1-8-9(2)11(4)14(12(5)10(8)3)13(15)6-7-16/h13,16H,6-7,15H2,1-5H3. The van der Waals surface area contributed by atoms with Crippen LogP contribution in [0.3, 0.4) is 0 Å². The van der Waals surface area contributed by atoms with Gasteiger partial charge in [0.2, 0.25) is 0 Å². The van der Waals surface area contributed by atoms with Crippen molar-refractivity contribution in [2.75, 3.05) is 6.61 Å². The molecular formula is C14H23NO. The van der Waals surface area contributed by atoms with Gasteiger partial charge in [-0.3, -0.25) is 0 Å². The number of nitrogens with two attached hydrogens (primary N) is 1. The smallest absolute Gasteiger partial charge is 0.0449 e. The van der Waals surface area contributed by atoms with E-state index in [1.165, 1.54) is 33.4 Å². The molecule has 1 atom stereocenters. The maximum absolute atomic E-state index is 8.99. The van der Waals surface area contributed by atoms with E-state index < -0.39 is 0 Å². The lowest BCUT2D eigenvalue weighted by Crippen LogP contribution is -2.17. The largest absolute Gasteiger partial charge is 0.396 e. The van der Waals surface area contributed by atoms with Gasteiger partial charge in [-0.25, -0.2) is 0 Å². The Morgan fingerprint density at radius 3 is 1.62 bits per heavy atom. The van der Waals surface area contributed by atoms with Gasteiger partial charge in [0.05, 0.1) is 0 Å². The fourth-order valence-electron chi connectivity index (χ4n) is 2.37. The van der Waals surface area contributed by atoms with Gasteiger partial charge in [0.15, 0.2) is 0 Å². The minimum Gasteiger partial charge on any atom is -0.396 e. The molecule has 0 aliphatic rings. The molecule has 2 heteroatoms. The summed E-state index contributed by atoms with van der Waals surface area (Å²) in [6.45, 7) is 10.8. The van der Waals surface area contributed by atoms with Crippen molar-refractivity contribution < 1.29 is 5.11 Å². The van der Waals surface area contributed by atoms with Crippen LogP contribution in [-0.2, 0) is 0 Å². The van der Waals surface area contributed by atoms with Crippen LogP contribution < -0.4 is 5.73 Å². The Hall–Kier alpha value is -0.860. The molecule has 3 N–H and O–H groups in total. The van der Waals surface area contributed by atoms with Crippen LogP contribution in [0.2, 0.25) is 0 Å². The molecule has 0 heterocycles. The molecule has 0 bridgehead atoms. The van der Waals surface area contributed by atoms with Crippen molar-refractivity contribution in [2.24, 2.45) is 5.73 Å². The van der Waals surface area contributed by atoms with Crippen LogP contribution in [0.15, 0.2) is 0 Å². The number of hydrogen-bond acceptors (Lipinski definition) is 2. The first kappa shape index (κ1) is 13.2. The van der Waals surface area contributed by atoms with Gasteiger partial charge in [-0.15, -0.1) is 0 Å². The first-order valence-electron chi connectivity index (χ1n) is 5.85. The van der Waals surface area contributed by atoms with Crippen molar-refractivity contribution in [3.05, 3.63) is 33.4 Å². The molecule has 0 aromatic heterocycles. The van der Waals surface area contributed by atoms with E-state index in [0.717, 1.165) is 0 Å². The summed E-state index contributed by atoms with van der Waals surface area (Å²) in [6, 6.07) is -0.0528. The van der Waals surface area contributed by atoms with E-state index in [2.05, 4.69) is 34.6 Å². The monoisotopic (exact) mass is 221 g/mol. The number of hydrogen-bond donors (Lipinski definition) is 2. The lowest BCUT2D eigenvalue weighted by Gasteiger charge is -2.22. The molecule has 0 saturated carbocycles. The Kier molecular flexibility index (Phi) is 4.11. The van der Waals surface area contributed by atoms with Gasteiger partial charge in [-0.05, 0) is 74.4 Å². The number of aliphatic hydroxyl groups is 1. The van der Waals surface area contributed by atoms with Crippen LogP contribution in [0.5, 0.6) is 0 Å². The maximum atomic E-state index is 8.99. The van der Waals surface area contributed by atoms with E-state index in [0.29, 0.717) is 6.42 Å². The molecule has 0 spiro atoms. The zero-order valence-electron chi connectivity index (χ0n) is 11.0. The highest BCUT2D eigenvalue weighted by molar-refractivity contribution is 5.50. The Morgan fingerprint density at radius 2 is 1.25 bits per heavy atom. The topological polar surface area (TPSA) is 46.2 Å². The summed E-state index contributed by atoms with van der Waals surface area (Å²) in [5, 5.41) is 8.99. The van der Waals surface area contributed by atoms with E-state index in [-0.39, 0.29) is 12.6 Å². The molecule has 1 aromatic rings. The lowest BCUT2D eigenvalue weighted by atomic mass is 9.86. The first-order valence-corrected chi connectivity index (χ1v) is 5.85. The van der Waals surface area contributed by atoms with Crippen LogP contribution in [0.4, 0.5) is 0 Å². The van der Waals surface area contributed by atoms with E-state index in [9.17, 15) is 0 Å². The highest BCUT2D eigenvalue weighted by Gasteiger charge is 2.16. The Balaban J connectivity index is 3.39. The minimum absolute atomic E-state index is 0.0528. The third-order valence-corrected chi connectivity index (χ3v) is 3.87. The van der Waals surface area contributed by atoms with Crippen LogP contribution in [-0.4, -0.2) is 11.7 Å². The van der Waals surface area contributed by atoms with E-state index in [4.69, 9.17) is 10.8 Å². The van der Waals surface area contributed by atoms with Crippen molar-refractivity contribution in [3.8, 4) is 0 Å². The van der Waals surface area contributed by atoms with E-state index in [1.807, 2.05) is 0 Å². The molecule has 1 unspecified atom stereocenters. The zero-order chi connectivity index (χ0) is 12.5. The van der Waals surface area contributed by atoms with Gasteiger partial charge >= 0.3 is 0 Å². The molecular weight excluding hydrogens is 198 g/mol. The van der Waals surface area contributed by atoms with Gasteiger partial charge in [0.25, 0.3) is 0 Å². The second-order valence-corrected chi connectivity index (χ2v) is 4.66. The van der Waals surface area contributed by atoms with Gasteiger partial charge in [-0.2, -0.15) is 0 Å². The summed E-state index contributed by atoms with van der Waals surface area (Å²) in [4.78, 5) is 0. The zero-order valence-corrected chi connectivity index (χ0v) is 11.0. The van der Waals surface area contributed by atoms with E-state index in [1.54, 1.807) is 0 Å². The van der Waals surface area contributed by atoms with Crippen LogP contribution in [0, 0.1) is 34.6 Å². The molecule has 1 rings (SSSR count). The predicted octanol–water partition coefficient (Wildman–Crippen LogP) is 2.61. The van der Waals surface area contributed by atoms with Crippen molar-refractivity contribution in [1.29, 1.82) is 0 Å². The Morgan fingerprint density at radius 1 is 0.875 bits per heavy atom. The second-order valence-electron chi connectivity index (χ2n) is 4.66. The van der Waals surface area contributed by atoms with Crippen molar-refractivity contribution >= 4 is 0 Å². The van der Waals surface area contributed by atoms with Crippen molar-refractivity contribution in [2.45, 2.75) is 47.1 Å². The van der Waals surface area contributed by atoms with Gasteiger partial charge in [-0.1, -0.05) is 0 Å². The Labute approximate surface area is 98.5 Å². The third-order valence-electron chi connectivity index (χ3n) is 3.87. The van der Waals surface area contributed by atoms with Crippen molar-refractivity contribution in [3.63, 3.8) is 0 Å². The summed E-state index contributed by atoms with van der Waals surface area (Å²) in [6.07, 6.45) is 0.629. The van der Waals surface area contributed by atoms with Gasteiger partial charge < -0.3 is 10.8 Å². The summed E-state index contributed by atoms with van der Waals surface area (Å²) in [5.74, 6) is 0. The molecule has 0 amide bonds. The molecule has 0 aliphatic heterocycles. The molecule has 0 radical (unpaired) electrons. The summed E-state index contributed by atoms with van der Waals surface area (Å²) >= 11 is 0. The number of benzene rings is 1. The Bertz CT molecular complexity index is 367. The molecule has 1 aromatic carbocycles. The average molecular weight is 221 g/mol. The minimum atomic E-state index is -0.0528. The normalized spacial score (nSPS) is 12.9. The third kappa shape index (κ3) is 2.13. The number of aliphatic hydroxyl groups excluding tert-OH is 1. The molecule has 0 aliphatic carbocycles. The van der Waals surface area contributed by atoms with Crippen LogP contribution in [0.1, 0.15) is 45.8 Å². The fourth-order valence-corrected chi connectivity index (χ4v) is 2.37. The average Bonchev–Trinajstić information content (AvgIpc) is 2.24. The second kappa shape index (κ2) is 4.98. The maximum Gasteiger partial charge on any atom is 0.0449 e. The predicted molar refractivity (Wildman–Crippen MR) is 68.8 cm³/mol.